The lowest BCUT2D eigenvalue weighted by atomic mass is 9.78. The second-order valence-electron chi connectivity index (χ2n) is 25.6. The van der Waals surface area contributed by atoms with Gasteiger partial charge in [-0.05, 0) is 183 Å². The third-order valence-corrected chi connectivity index (χ3v) is 17.2. The highest BCUT2D eigenvalue weighted by Gasteiger charge is 2.43. The van der Waals surface area contributed by atoms with E-state index in [4.69, 9.17) is 19.3 Å². The molecule has 490 valence electrons. The van der Waals surface area contributed by atoms with Gasteiger partial charge in [0.05, 0.1) is 0 Å². The molecule has 4 aliphatic rings. The molecule has 2 aromatic carbocycles. The molecule has 4 aliphatic heterocycles. The number of benzene rings is 2. The lowest BCUT2D eigenvalue weighted by Gasteiger charge is -2.43. The number of hydrogen-bond acceptors (Lipinski definition) is 18. The van der Waals surface area contributed by atoms with Crippen molar-refractivity contribution in [2.45, 2.75) is 118 Å². The molecule has 0 saturated carbocycles. The smallest absolute Gasteiger partial charge is 0.410 e. The van der Waals surface area contributed by atoms with Crippen LogP contribution in [0.3, 0.4) is 0 Å². The fourth-order valence-corrected chi connectivity index (χ4v) is 12.0. The van der Waals surface area contributed by atoms with Gasteiger partial charge in [0.25, 0.3) is 11.8 Å². The first-order valence-corrected chi connectivity index (χ1v) is 31.7. The van der Waals surface area contributed by atoms with Crippen LogP contribution in [0.5, 0.6) is 23.0 Å². The first-order chi connectivity index (χ1) is 44.7. The number of aryl methyl sites for hydroxylation is 2. The quantitative estimate of drug-likeness (QED) is 0.0502. The van der Waals surface area contributed by atoms with Crippen molar-refractivity contribution in [1.29, 1.82) is 0 Å². The summed E-state index contributed by atoms with van der Waals surface area (Å²) in [6.45, 7) is 18.9. The van der Waals surface area contributed by atoms with Crippen molar-refractivity contribution in [3.63, 3.8) is 0 Å². The molecule has 0 radical (unpaired) electrons. The molecule has 2 atom stereocenters. The SMILES string of the molecule is CO.Cc1ccnc(NC(=O)c2ccc(Oc3ccnc4[nH]nc(N[C@@H]5CCCN(C(=O)C6(C)CCN(C(=O)OC(C)(C)C)CC6)C5)c34)cc2)c1.Cc1ccnc(NC(=O)c2ccc(Oc3ccnc4[nH]nc(N[C@@H]5CCCN(C(=O)C6(C)CCNCC6)C5)c34)cc2)c1. The maximum absolute atomic E-state index is 13.9. The second kappa shape index (κ2) is 29.2. The molecule has 12 rings (SSSR count). The predicted octanol–water partition coefficient (Wildman–Crippen LogP) is 10.3. The van der Waals surface area contributed by atoms with Crippen LogP contribution in [0.2, 0.25) is 0 Å². The van der Waals surface area contributed by atoms with Crippen LogP contribution in [-0.2, 0) is 14.3 Å². The minimum Gasteiger partial charge on any atom is -0.456 e. The molecule has 25 heteroatoms. The summed E-state index contributed by atoms with van der Waals surface area (Å²) in [5.74, 6) is 4.34. The topological polar surface area (TPSA) is 312 Å². The summed E-state index contributed by atoms with van der Waals surface area (Å²) in [4.78, 5) is 88.2. The van der Waals surface area contributed by atoms with Gasteiger partial charge in [0.15, 0.2) is 22.9 Å². The van der Waals surface area contributed by atoms with Crippen LogP contribution < -0.4 is 36.1 Å². The van der Waals surface area contributed by atoms with Crippen LogP contribution in [0.4, 0.5) is 28.1 Å². The molecular weight excluding hydrogens is 1180 g/mol. The molecule has 8 N–H and O–H groups in total. The number of pyridine rings is 4. The number of likely N-dealkylation sites (tertiary alicyclic amines) is 3. The molecule has 5 amide bonds. The van der Waals surface area contributed by atoms with Crippen LogP contribution in [0.15, 0.2) is 110 Å². The first kappa shape index (κ1) is 66.2. The Balaban J connectivity index is 0.000000200. The minimum atomic E-state index is -0.558. The van der Waals surface area contributed by atoms with Crippen molar-refractivity contribution in [3.05, 3.63) is 132 Å². The maximum atomic E-state index is 13.9. The monoisotopic (exact) mass is 1270 g/mol. The third kappa shape index (κ3) is 16.5. The van der Waals surface area contributed by atoms with Gasteiger partial charge in [-0.3, -0.25) is 29.4 Å². The summed E-state index contributed by atoms with van der Waals surface area (Å²) >= 11 is 0. The Hall–Kier alpha value is -9.75. The number of fused-ring (bicyclic) bond motifs is 2. The van der Waals surface area contributed by atoms with Crippen LogP contribution >= 0.6 is 0 Å². The lowest BCUT2D eigenvalue weighted by Crippen LogP contribution is -2.54. The van der Waals surface area contributed by atoms with Crippen molar-refractivity contribution in [1.82, 2.24) is 60.3 Å². The van der Waals surface area contributed by atoms with E-state index in [2.05, 4.69) is 73.8 Å². The van der Waals surface area contributed by atoms with Crippen molar-refractivity contribution in [2.24, 2.45) is 10.8 Å². The second-order valence-corrected chi connectivity index (χ2v) is 25.6. The first-order valence-electron chi connectivity index (χ1n) is 31.7. The van der Waals surface area contributed by atoms with Gasteiger partial charge in [0.1, 0.15) is 51.0 Å². The molecular formula is C68H84N16O9. The van der Waals surface area contributed by atoms with Gasteiger partial charge >= 0.3 is 6.09 Å². The highest BCUT2D eigenvalue weighted by Crippen LogP contribution is 2.39. The number of aromatic amines is 2. The van der Waals surface area contributed by atoms with Crippen molar-refractivity contribution < 1.29 is 43.3 Å². The van der Waals surface area contributed by atoms with E-state index in [1.807, 2.05) is 75.6 Å². The zero-order valence-electron chi connectivity index (χ0n) is 54.1. The number of carbonyl (C=O) groups excluding carboxylic acids is 5. The average molecular weight is 1270 g/mol. The molecule has 4 fully saturated rings. The largest absolute Gasteiger partial charge is 0.456 e. The van der Waals surface area contributed by atoms with E-state index in [9.17, 15) is 24.0 Å². The molecule has 0 unspecified atom stereocenters. The van der Waals surface area contributed by atoms with E-state index in [1.54, 1.807) is 90.4 Å². The number of aliphatic hydroxyl groups is 1. The Kier molecular flexibility index (Phi) is 20.8. The number of aromatic nitrogens is 8. The number of hydrogen-bond donors (Lipinski definition) is 8. The summed E-state index contributed by atoms with van der Waals surface area (Å²) in [5, 5.41) is 39.5. The van der Waals surface area contributed by atoms with E-state index in [0.29, 0.717) is 120 Å². The van der Waals surface area contributed by atoms with Gasteiger partial charge in [0, 0.05) is 117 Å². The highest BCUT2D eigenvalue weighted by molar-refractivity contribution is 6.04. The number of nitrogens with zero attached hydrogens (tertiary/aromatic N) is 9. The molecule has 6 aromatic heterocycles. The van der Waals surface area contributed by atoms with Gasteiger partial charge < -0.3 is 60.6 Å². The molecule has 0 bridgehead atoms. The summed E-state index contributed by atoms with van der Waals surface area (Å²) in [6, 6.07) is 24.8. The van der Waals surface area contributed by atoms with E-state index in [0.717, 1.165) is 81.8 Å². The van der Waals surface area contributed by atoms with Crippen molar-refractivity contribution in [2.75, 3.05) is 80.7 Å². The standard InChI is InChI=1S/C36H44N8O5.C31H36N8O3.CH4O/c1-23-12-16-37-28(21-23)40-32(45)24-8-10-26(11-9-24)48-27-13-17-38-30-29(27)31(42-41-30)39-25-7-6-18-44(22-25)33(46)36(5)14-19-43(20-15-36)34(47)49-35(2,3)4;1-20-9-13-33-25(18-20)36-29(40)21-5-7-23(8-6-21)42-24-10-14-34-27-26(24)28(38-37-27)35-22-4-3-17-39(19-22)30(41)31(2)11-15-32-16-12-31;1-2/h8-13,16-17,21,25H,6-7,14-15,18-20,22H2,1-5H3,(H,37,40,45)(H2,38,39,41,42);5-10,13-14,18,22,32H,3-4,11-12,15-17,19H2,1-2H3,(H,33,36,40)(H2,34,35,37,38);2H,1H3/t25-;22-;/m11./s1. The van der Waals surface area contributed by atoms with Crippen LogP contribution in [-0.4, -0.2) is 167 Å². The molecule has 4 saturated heterocycles. The molecule has 8 aromatic rings. The Morgan fingerprint density at radius 1 is 0.559 bits per heavy atom. The number of carbonyl (C=O) groups is 5. The molecule has 10 heterocycles. The number of rotatable bonds is 14. The third-order valence-electron chi connectivity index (χ3n) is 17.2. The molecule has 25 nitrogen and oxygen atoms in total. The lowest BCUT2D eigenvalue weighted by molar-refractivity contribution is -0.145. The van der Waals surface area contributed by atoms with E-state index < -0.39 is 11.0 Å². The van der Waals surface area contributed by atoms with Gasteiger partial charge in [0.2, 0.25) is 11.8 Å². The summed E-state index contributed by atoms with van der Waals surface area (Å²) in [5.41, 5.74) is 2.74. The van der Waals surface area contributed by atoms with E-state index in [1.165, 1.54) is 0 Å². The maximum Gasteiger partial charge on any atom is 0.410 e. The van der Waals surface area contributed by atoms with Crippen LogP contribution in [0, 0.1) is 24.7 Å². The normalized spacial score (nSPS) is 17.8. The number of ether oxygens (including phenoxy) is 3. The molecule has 0 aliphatic carbocycles. The fourth-order valence-electron chi connectivity index (χ4n) is 12.0. The number of H-pyrrole nitrogens is 2. The molecule has 0 spiro atoms. The number of amides is 5. The average Bonchev–Trinajstić information content (AvgIpc) is 1.78. The van der Waals surface area contributed by atoms with Crippen molar-refractivity contribution in [3.8, 4) is 23.0 Å². The van der Waals surface area contributed by atoms with E-state index in [-0.39, 0.29) is 47.2 Å². The summed E-state index contributed by atoms with van der Waals surface area (Å²) in [6.07, 6.45) is 12.8. The van der Waals surface area contributed by atoms with Gasteiger partial charge in [-0.2, -0.15) is 10.2 Å². The number of nitrogens with one attached hydrogen (secondary N) is 7. The van der Waals surface area contributed by atoms with Gasteiger partial charge in [-0.15, -0.1) is 0 Å². The zero-order chi connectivity index (χ0) is 65.9. The number of piperidine rings is 4. The number of anilines is 4. The summed E-state index contributed by atoms with van der Waals surface area (Å²) in [7, 11) is 1.00. The van der Waals surface area contributed by atoms with E-state index >= 15 is 0 Å². The minimum absolute atomic E-state index is 0.0246. The van der Waals surface area contributed by atoms with Crippen molar-refractivity contribution >= 4 is 75.1 Å². The van der Waals surface area contributed by atoms with Crippen LogP contribution in [0.1, 0.15) is 118 Å². The van der Waals surface area contributed by atoms with Gasteiger partial charge in [-0.25, -0.2) is 24.7 Å². The fraction of sp³-hybridized carbons (Fsp3) is 0.426. The Labute approximate surface area is 540 Å². The highest BCUT2D eigenvalue weighted by atomic mass is 16.6. The van der Waals surface area contributed by atoms with Gasteiger partial charge in [-0.1, -0.05) is 13.8 Å². The molecule has 93 heavy (non-hydrogen) atoms. The number of aliphatic hydroxyl groups excluding tert-OH is 1. The Bertz CT molecular complexity index is 3910. The zero-order valence-corrected chi connectivity index (χ0v) is 54.1. The Morgan fingerprint density at radius 2 is 0.978 bits per heavy atom. The Morgan fingerprint density at radius 3 is 1.40 bits per heavy atom. The summed E-state index contributed by atoms with van der Waals surface area (Å²) < 4.78 is 18.1. The van der Waals surface area contributed by atoms with Crippen LogP contribution in [0.25, 0.3) is 22.1 Å². The predicted molar refractivity (Wildman–Crippen MR) is 355 cm³/mol.